The molecule has 1 unspecified atom stereocenters. The summed E-state index contributed by atoms with van der Waals surface area (Å²) >= 11 is 0. The van der Waals surface area contributed by atoms with Gasteiger partial charge in [-0.15, -0.1) is 0 Å². The number of amides is 1. The Labute approximate surface area is 166 Å². The van der Waals surface area contributed by atoms with Crippen LogP contribution in [0, 0.1) is 5.82 Å². The maximum absolute atomic E-state index is 13.3. The Hall–Kier alpha value is -3.00. The van der Waals surface area contributed by atoms with E-state index in [1.54, 1.807) is 24.3 Å². The second kappa shape index (κ2) is 7.44. The summed E-state index contributed by atoms with van der Waals surface area (Å²) in [6.07, 6.45) is 0.286. The smallest absolute Gasteiger partial charge is 0.349 e. The summed E-state index contributed by atoms with van der Waals surface area (Å²) < 4.78 is 42.5. The average Bonchev–Trinajstić information content (AvgIpc) is 3.06. The highest BCUT2D eigenvalue weighted by molar-refractivity contribution is 7.91. The fourth-order valence-electron chi connectivity index (χ4n) is 3.54. The number of fused-ring (bicyclic) bond motifs is 1. The first-order chi connectivity index (χ1) is 13.8. The molecule has 1 fully saturated rings. The molecule has 0 spiro atoms. The summed E-state index contributed by atoms with van der Waals surface area (Å²) in [6, 6.07) is 13.3. The first-order valence-electron chi connectivity index (χ1n) is 9.11. The molecule has 1 aromatic heterocycles. The molecule has 4 rings (SSSR count). The molecule has 6 nitrogen and oxygen atoms in total. The zero-order chi connectivity index (χ0) is 20.6. The second-order valence-corrected chi connectivity index (χ2v) is 9.33. The predicted molar refractivity (Wildman–Crippen MR) is 106 cm³/mol. The van der Waals surface area contributed by atoms with Gasteiger partial charge in [0, 0.05) is 18.0 Å². The van der Waals surface area contributed by atoms with Gasteiger partial charge in [-0.3, -0.25) is 4.79 Å². The zero-order valence-electron chi connectivity index (χ0n) is 15.4. The first kappa shape index (κ1) is 19.3. The normalized spacial score (nSPS) is 18.0. The molecule has 1 amide bonds. The Morgan fingerprint density at radius 3 is 2.55 bits per heavy atom. The Balaban J connectivity index is 1.73. The number of carbonyl (C=O) groups excluding carboxylic acids is 1. The zero-order valence-corrected chi connectivity index (χ0v) is 16.2. The molecule has 1 saturated heterocycles. The van der Waals surface area contributed by atoms with E-state index in [1.807, 2.05) is 0 Å². The summed E-state index contributed by atoms with van der Waals surface area (Å²) in [6.45, 7) is 0.0611. The molecule has 0 radical (unpaired) electrons. The fourth-order valence-corrected chi connectivity index (χ4v) is 5.27. The third kappa shape index (κ3) is 4.07. The summed E-state index contributed by atoms with van der Waals surface area (Å²) in [5.41, 5.74) is 0.0607. The van der Waals surface area contributed by atoms with Gasteiger partial charge in [-0.2, -0.15) is 0 Å². The Bertz CT molecular complexity index is 1230. The van der Waals surface area contributed by atoms with Crippen LogP contribution in [0.1, 0.15) is 22.3 Å². The SMILES string of the molecule is O=C(c1cc2ccccc2oc1=O)N(Cc1ccc(F)cc1)C1CCS(=O)(=O)C1. The molecule has 0 bridgehead atoms. The Morgan fingerprint density at radius 1 is 1.14 bits per heavy atom. The van der Waals surface area contributed by atoms with Crippen LogP contribution in [0.2, 0.25) is 0 Å². The maximum atomic E-state index is 13.3. The van der Waals surface area contributed by atoms with Crippen molar-refractivity contribution >= 4 is 26.7 Å². The minimum Gasteiger partial charge on any atom is -0.422 e. The molecule has 8 heteroatoms. The molecule has 150 valence electrons. The number of carbonyl (C=O) groups is 1. The van der Waals surface area contributed by atoms with Crippen molar-refractivity contribution in [2.45, 2.75) is 19.0 Å². The monoisotopic (exact) mass is 415 g/mol. The van der Waals surface area contributed by atoms with Gasteiger partial charge in [-0.25, -0.2) is 17.6 Å². The molecule has 0 aliphatic carbocycles. The maximum Gasteiger partial charge on any atom is 0.349 e. The molecular formula is C21H18FNO5S. The van der Waals surface area contributed by atoms with Crippen LogP contribution in [-0.2, 0) is 16.4 Å². The first-order valence-corrected chi connectivity index (χ1v) is 10.9. The van der Waals surface area contributed by atoms with Gasteiger partial charge in [0.2, 0.25) is 0 Å². The van der Waals surface area contributed by atoms with Crippen LogP contribution in [0.3, 0.4) is 0 Å². The van der Waals surface area contributed by atoms with Gasteiger partial charge >= 0.3 is 5.63 Å². The minimum atomic E-state index is -3.26. The number of benzene rings is 2. The second-order valence-electron chi connectivity index (χ2n) is 7.10. The minimum absolute atomic E-state index is 0.0167. The van der Waals surface area contributed by atoms with Crippen LogP contribution in [0.5, 0.6) is 0 Å². The highest BCUT2D eigenvalue weighted by Gasteiger charge is 2.36. The number of hydrogen-bond acceptors (Lipinski definition) is 5. The third-order valence-corrected chi connectivity index (χ3v) is 6.80. The standard InChI is InChI=1S/C21H18FNO5S/c22-16-7-5-14(6-8-16)12-23(17-9-10-29(26,27)13-17)20(24)18-11-15-3-1-2-4-19(15)28-21(18)25/h1-8,11,17H,9-10,12-13H2. The lowest BCUT2D eigenvalue weighted by Crippen LogP contribution is -2.42. The van der Waals surface area contributed by atoms with Gasteiger partial charge in [0.05, 0.1) is 11.5 Å². The number of sulfone groups is 1. The predicted octanol–water partition coefficient (Wildman–Crippen LogP) is 2.76. The van der Waals surface area contributed by atoms with Crippen molar-refractivity contribution in [2.24, 2.45) is 0 Å². The lowest BCUT2D eigenvalue weighted by Gasteiger charge is -2.28. The van der Waals surface area contributed by atoms with Crippen molar-refractivity contribution in [1.29, 1.82) is 0 Å². The molecule has 1 atom stereocenters. The van der Waals surface area contributed by atoms with Gasteiger partial charge in [-0.05, 0) is 36.2 Å². The Kier molecular flexibility index (Phi) is 4.96. The quantitative estimate of drug-likeness (QED) is 0.612. The molecule has 0 saturated carbocycles. The number of nitrogens with zero attached hydrogens (tertiary/aromatic N) is 1. The highest BCUT2D eigenvalue weighted by Crippen LogP contribution is 2.23. The fraction of sp³-hybridized carbons (Fsp3) is 0.238. The summed E-state index contributed by atoms with van der Waals surface area (Å²) in [4.78, 5) is 27.1. The van der Waals surface area contributed by atoms with E-state index in [9.17, 15) is 22.4 Å². The molecule has 3 aromatic rings. The van der Waals surface area contributed by atoms with Crippen LogP contribution in [0.25, 0.3) is 11.0 Å². The molecular weight excluding hydrogens is 397 g/mol. The van der Waals surface area contributed by atoms with Crippen molar-refractivity contribution in [3.05, 3.63) is 82.0 Å². The van der Waals surface area contributed by atoms with Gasteiger partial charge in [0.25, 0.3) is 5.91 Å². The van der Waals surface area contributed by atoms with Gasteiger partial charge < -0.3 is 9.32 Å². The topological polar surface area (TPSA) is 84.7 Å². The molecule has 1 aliphatic rings. The van der Waals surface area contributed by atoms with E-state index in [0.29, 0.717) is 16.5 Å². The number of hydrogen-bond donors (Lipinski definition) is 0. The van der Waals surface area contributed by atoms with Crippen LogP contribution in [-0.4, -0.2) is 36.8 Å². The van der Waals surface area contributed by atoms with Crippen molar-refractivity contribution in [1.82, 2.24) is 4.90 Å². The molecule has 2 heterocycles. The van der Waals surface area contributed by atoms with Crippen molar-refractivity contribution in [3.8, 4) is 0 Å². The van der Waals surface area contributed by atoms with E-state index >= 15 is 0 Å². The van der Waals surface area contributed by atoms with E-state index in [-0.39, 0.29) is 30.0 Å². The summed E-state index contributed by atoms with van der Waals surface area (Å²) in [5.74, 6) is -1.20. The van der Waals surface area contributed by atoms with E-state index < -0.39 is 33.2 Å². The van der Waals surface area contributed by atoms with Gasteiger partial charge in [0.1, 0.15) is 17.0 Å². The average molecular weight is 415 g/mol. The van der Waals surface area contributed by atoms with Crippen LogP contribution in [0.4, 0.5) is 4.39 Å². The molecule has 2 aromatic carbocycles. The lowest BCUT2D eigenvalue weighted by atomic mass is 10.1. The molecule has 1 aliphatic heterocycles. The highest BCUT2D eigenvalue weighted by atomic mass is 32.2. The van der Waals surface area contributed by atoms with Gasteiger partial charge in [0.15, 0.2) is 9.84 Å². The van der Waals surface area contributed by atoms with E-state index in [4.69, 9.17) is 4.42 Å². The van der Waals surface area contributed by atoms with Gasteiger partial charge in [-0.1, -0.05) is 30.3 Å². The van der Waals surface area contributed by atoms with E-state index in [1.165, 1.54) is 35.2 Å². The van der Waals surface area contributed by atoms with Crippen LogP contribution >= 0.6 is 0 Å². The van der Waals surface area contributed by atoms with Crippen molar-refractivity contribution < 1.29 is 22.0 Å². The molecule has 29 heavy (non-hydrogen) atoms. The Morgan fingerprint density at radius 2 is 1.86 bits per heavy atom. The van der Waals surface area contributed by atoms with Crippen LogP contribution in [0.15, 0.2) is 63.8 Å². The lowest BCUT2D eigenvalue weighted by molar-refractivity contribution is 0.0676. The van der Waals surface area contributed by atoms with Crippen LogP contribution < -0.4 is 5.63 Å². The van der Waals surface area contributed by atoms with E-state index in [0.717, 1.165) is 0 Å². The number of halogens is 1. The summed E-state index contributed by atoms with van der Waals surface area (Å²) in [5, 5.41) is 0.594. The van der Waals surface area contributed by atoms with E-state index in [2.05, 4.69) is 0 Å². The number of rotatable bonds is 4. The number of para-hydroxylation sites is 1. The van der Waals surface area contributed by atoms with Crippen molar-refractivity contribution in [3.63, 3.8) is 0 Å². The molecule has 0 N–H and O–H groups in total. The summed E-state index contributed by atoms with van der Waals surface area (Å²) in [7, 11) is -3.26. The van der Waals surface area contributed by atoms with Crippen molar-refractivity contribution in [2.75, 3.05) is 11.5 Å². The third-order valence-electron chi connectivity index (χ3n) is 5.05. The largest absolute Gasteiger partial charge is 0.422 e.